The summed E-state index contributed by atoms with van der Waals surface area (Å²) in [6.45, 7) is 1.64. The van der Waals surface area contributed by atoms with Gasteiger partial charge in [0.2, 0.25) is 0 Å². The van der Waals surface area contributed by atoms with Gasteiger partial charge in [-0.2, -0.15) is 13.2 Å². The molecule has 2 aromatic carbocycles. The van der Waals surface area contributed by atoms with Gasteiger partial charge in [-0.25, -0.2) is 0 Å². The molecule has 0 spiro atoms. The Balaban J connectivity index is 1.84. The molecule has 0 saturated carbocycles. The molecule has 2 N–H and O–H groups in total. The molecule has 8 heteroatoms. The van der Waals surface area contributed by atoms with E-state index < -0.39 is 23.6 Å². The van der Waals surface area contributed by atoms with E-state index in [4.69, 9.17) is 4.74 Å². The zero-order valence-electron chi connectivity index (χ0n) is 13.9. The van der Waals surface area contributed by atoms with Crippen molar-refractivity contribution in [2.75, 3.05) is 6.61 Å². The quantitative estimate of drug-likeness (QED) is 0.799. The molecule has 0 aliphatic carbocycles. The van der Waals surface area contributed by atoms with Crippen LogP contribution in [0.1, 0.15) is 28.4 Å². The standard InChI is InChI=1S/C18H17F3N2O3/c1-2-12-5-3-4-6-15(12)26-11-16(24)22-23-17(25)13-7-9-14(10-8-13)18(19,20)21/h3-10H,2,11H2,1H3,(H,22,24)(H,23,25). The normalized spacial score (nSPS) is 10.9. The van der Waals surface area contributed by atoms with Crippen LogP contribution in [0.25, 0.3) is 0 Å². The number of halogens is 3. The average Bonchev–Trinajstić information content (AvgIpc) is 2.64. The third kappa shape index (κ3) is 5.23. The number of alkyl halides is 3. The van der Waals surface area contributed by atoms with Crippen molar-refractivity contribution in [3.05, 3.63) is 65.2 Å². The van der Waals surface area contributed by atoms with E-state index in [1.807, 2.05) is 19.1 Å². The van der Waals surface area contributed by atoms with Gasteiger partial charge in [0.05, 0.1) is 5.56 Å². The molecular weight excluding hydrogens is 349 g/mol. The molecule has 0 bridgehead atoms. The number of hydrazine groups is 1. The van der Waals surface area contributed by atoms with Crippen molar-refractivity contribution in [1.82, 2.24) is 10.9 Å². The lowest BCUT2D eigenvalue weighted by atomic mass is 10.1. The molecule has 0 unspecified atom stereocenters. The zero-order valence-corrected chi connectivity index (χ0v) is 13.9. The lowest BCUT2D eigenvalue weighted by Gasteiger charge is -2.11. The highest BCUT2D eigenvalue weighted by molar-refractivity contribution is 5.95. The summed E-state index contributed by atoms with van der Waals surface area (Å²) in [5, 5.41) is 0. The van der Waals surface area contributed by atoms with Gasteiger partial charge in [-0.1, -0.05) is 25.1 Å². The fourth-order valence-corrected chi connectivity index (χ4v) is 2.13. The van der Waals surface area contributed by atoms with Crippen LogP contribution in [0, 0.1) is 0 Å². The summed E-state index contributed by atoms with van der Waals surface area (Å²) < 4.78 is 42.8. The Morgan fingerprint density at radius 2 is 1.65 bits per heavy atom. The van der Waals surface area contributed by atoms with Gasteiger partial charge in [0.15, 0.2) is 6.61 Å². The number of carbonyl (C=O) groups is 2. The van der Waals surface area contributed by atoms with Gasteiger partial charge in [-0.05, 0) is 42.3 Å². The lowest BCUT2D eigenvalue weighted by Crippen LogP contribution is -2.43. The molecule has 5 nitrogen and oxygen atoms in total. The smallest absolute Gasteiger partial charge is 0.416 e. The van der Waals surface area contributed by atoms with Crippen LogP contribution < -0.4 is 15.6 Å². The average molecular weight is 366 g/mol. The van der Waals surface area contributed by atoms with Crippen molar-refractivity contribution < 1.29 is 27.5 Å². The molecule has 0 aromatic heterocycles. The molecule has 0 radical (unpaired) electrons. The van der Waals surface area contributed by atoms with E-state index in [2.05, 4.69) is 10.9 Å². The number of hydrogen-bond acceptors (Lipinski definition) is 3. The van der Waals surface area contributed by atoms with Gasteiger partial charge >= 0.3 is 6.18 Å². The van der Waals surface area contributed by atoms with E-state index in [1.54, 1.807) is 12.1 Å². The monoisotopic (exact) mass is 366 g/mol. The van der Waals surface area contributed by atoms with Gasteiger partial charge in [0.1, 0.15) is 5.75 Å². The molecule has 0 atom stereocenters. The number of para-hydroxylation sites is 1. The fraction of sp³-hybridized carbons (Fsp3) is 0.222. The van der Waals surface area contributed by atoms with Gasteiger partial charge < -0.3 is 4.74 Å². The zero-order chi connectivity index (χ0) is 19.2. The number of amides is 2. The first-order chi connectivity index (χ1) is 12.3. The van der Waals surface area contributed by atoms with Crippen LogP contribution >= 0.6 is 0 Å². The predicted molar refractivity (Wildman–Crippen MR) is 88.4 cm³/mol. The molecule has 0 aliphatic heterocycles. The number of hydrogen-bond donors (Lipinski definition) is 2. The molecule has 0 fully saturated rings. The lowest BCUT2D eigenvalue weighted by molar-refractivity contribution is -0.137. The van der Waals surface area contributed by atoms with Gasteiger partial charge in [-0.3, -0.25) is 20.4 Å². The molecule has 26 heavy (non-hydrogen) atoms. The Morgan fingerprint density at radius 3 is 2.27 bits per heavy atom. The molecule has 0 saturated heterocycles. The maximum atomic E-state index is 12.5. The van der Waals surface area contributed by atoms with Crippen LogP contribution in [-0.4, -0.2) is 18.4 Å². The number of rotatable bonds is 5. The third-order valence-corrected chi connectivity index (χ3v) is 3.50. The second-order valence-corrected chi connectivity index (χ2v) is 5.33. The summed E-state index contributed by atoms with van der Waals surface area (Å²) in [5.41, 5.74) is 4.33. The molecular formula is C18H17F3N2O3. The van der Waals surface area contributed by atoms with Crippen molar-refractivity contribution in [2.45, 2.75) is 19.5 Å². The minimum absolute atomic E-state index is 0.0180. The number of ether oxygens (including phenoxy) is 1. The maximum Gasteiger partial charge on any atom is 0.416 e. The Kier molecular flexibility index (Phi) is 6.21. The summed E-state index contributed by atoms with van der Waals surface area (Å²) in [5.74, 6) is -0.767. The van der Waals surface area contributed by atoms with E-state index >= 15 is 0 Å². The third-order valence-electron chi connectivity index (χ3n) is 3.50. The van der Waals surface area contributed by atoms with Crippen LogP contribution in [0.4, 0.5) is 13.2 Å². The van der Waals surface area contributed by atoms with E-state index in [0.717, 1.165) is 36.2 Å². The Bertz CT molecular complexity index is 774. The topological polar surface area (TPSA) is 67.4 Å². The fourth-order valence-electron chi connectivity index (χ4n) is 2.13. The summed E-state index contributed by atoms with van der Waals surface area (Å²) in [6, 6.07) is 10.9. The number of nitrogens with one attached hydrogen (secondary N) is 2. The number of benzene rings is 2. The van der Waals surface area contributed by atoms with Crippen molar-refractivity contribution in [3.8, 4) is 5.75 Å². The molecule has 0 aliphatic rings. The van der Waals surface area contributed by atoms with Crippen LogP contribution in [0.15, 0.2) is 48.5 Å². The highest BCUT2D eigenvalue weighted by Gasteiger charge is 2.30. The Labute approximate surface area is 148 Å². The molecule has 2 rings (SSSR count). The second kappa shape index (κ2) is 8.37. The van der Waals surface area contributed by atoms with Crippen molar-refractivity contribution in [3.63, 3.8) is 0 Å². The molecule has 2 amide bonds. The van der Waals surface area contributed by atoms with Crippen molar-refractivity contribution in [2.24, 2.45) is 0 Å². The van der Waals surface area contributed by atoms with E-state index in [0.29, 0.717) is 5.75 Å². The maximum absolute atomic E-state index is 12.5. The van der Waals surface area contributed by atoms with Crippen LogP contribution in [0.2, 0.25) is 0 Å². The first-order valence-electron chi connectivity index (χ1n) is 7.78. The van der Waals surface area contributed by atoms with Crippen LogP contribution in [0.5, 0.6) is 5.75 Å². The highest BCUT2D eigenvalue weighted by atomic mass is 19.4. The SMILES string of the molecule is CCc1ccccc1OCC(=O)NNC(=O)c1ccc(C(F)(F)F)cc1. The van der Waals surface area contributed by atoms with Crippen molar-refractivity contribution >= 4 is 11.8 Å². The summed E-state index contributed by atoms with van der Waals surface area (Å²) >= 11 is 0. The predicted octanol–water partition coefficient (Wildman–Crippen LogP) is 3.11. The number of carbonyl (C=O) groups excluding carboxylic acids is 2. The van der Waals surface area contributed by atoms with Crippen LogP contribution in [-0.2, 0) is 17.4 Å². The van der Waals surface area contributed by atoms with E-state index in [9.17, 15) is 22.8 Å². The second-order valence-electron chi connectivity index (χ2n) is 5.33. The highest BCUT2D eigenvalue weighted by Crippen LogP contribution is 2.29. The van der Waals surface area contributed by atoms with Gasteiger partial charge in [0, 0.05) is 5.56 Å². The minimum atomic E-state index is -4.48. The Morgan fingerprint density at radius 1 is 1.00 bits per heavy atom. The molecule has 0 heterocycles. The van der Waals surface area contributed by atoms with Gasteiger partial charge in [-0.15, -0.1) is 0 Å². The summed E-state index contributed by atoms with van der Waals surface area (Å²) in [4.78, 5) is 23.6. The van der Waals surface area contributed by atoms with E-state index in [-0.39, 0.29) is 12.2 Å². The minimum Gasteiger partial charge on any atom is -0.483 e. The first kappa shape index (κ1) is 19.3. The first-order valence-corrected chi connectivity index (χ1v) is 7.78. The largest absolute Gasteiger partial charge is 0.483 e. The summed E-state index contributed by atoms with van der Waals surface area (Å²) in [7, 11) is 0. The van der Waals surface area contributed by atoms with E-state index in [1.165, 1.54) is 0 Å². The summed E-state index contributed by atoms with van der Waals surface area (Å²) in [6.07, 6.45) is -3.74. The molecule has 2 aromatic rings. The van der Waals surface area contributed by atoms with Crippen LogP contribution in [0.3, 0.4) is 0 Å². The van der Waals surface area contributed by atoms with Crippen molar-refractivity contribution in [1.29, 1.82) is 0 Å². The van der Waals surface area contributed by atoms with Gasteiger partial charge in [0.25, 0.3) is 11.8 Å². The molecule has 138 valence electrons. The Hall–Kier alpha value is -3.03. The number of aryl methyl sites for hydroxylation is 1.